The molecule has 0 fully saturated rings. The van der Waals surface area contributed by atoms with Gasteiger partial charge in [0.25, 0.3) is 0 Å². The van der Waals surface area contributed by atoms with Gasteiger partial charge in [0.15, 0.2) is 0 Å². The van der Waals surface area contributed by atoms with Crippen LogP contribution in [0.25, 0.3) is 0 Å². The first-order chi connectivity index (χ1) is 2.80. The monoisotopic (exact) mass is 169 g/mol. The molecule has 1 rings (SSSR count). The Morgan fingerprint density at radius 3 is 2.29 bits per heavy atom. The first-order valence-corrected chi connectivity index (χ1v) is 2.23. The van der Waals surface area contributed by atoms with E-state index in [1.165, 1.54) is 5.57 Å². The van der Waals surface area contributed by atoms with Crippen LogP contribution in [-0.2, 0) is 32.7 Å². The van der Waals surface area contributed by atoms with Crippen molar-refractivity contribution in [3.8, 4) is 0 Å². The molecule has 1 aliphatic rings. The van der Waals surface area contributed by atoms with Crippen molar-refractivity contribution >= 4 is 0 Å². The SMILES string of the molecule is [CH2-]C1=[C-]CC1C.[Y]. The normalized spacial score (nSPS) is 27.0. The number of rotatable bonds is 0. The van der Waals surface area contributed by atoms with Crippen LogP contribution in [0, 0.1) is 18.9 Å². The van der Waals surface area contributed by atoms with Crippen molar-refractivity contribution in [1.82, 2.24) is 0 Å². The number of hydrogen-bond acceptors (Lipinski definition) is 0. The smallest absolute Gasteiger partial charge is 0 e. The quantitative estimate of drug-likeness (QED) is 0.483. The fraction of sp³-hybridized carbons (Fsp3) is 0.500. The fourth-order valence-electron chi connectivity index (χ4n) is 0.451. The molecule has 0 heterocycles. The first-order valence-electron chi connectivity index (χ1n) is 2.23. The summed E-state index contributed by atoms with van der Waals surface area (Å²) in [4.78, 5) is 0. The van der Waals surface area contributed by atoms with Crippen LogP contribution in [-0.4, -0.2) is 0 Å². The molecule has 1 aliphatic carbocycles. The van der Waals surface area contributed by atoms with E-state index >= 15 is 0 Å². The van der Waals surface area contributed by atoms with Crippen LogP contribution in [0.2, 0.25) is 0 Å². The number of allylic oxidation sites excluding steroid dienone is 2. The molecule has 0 bridgehead atoms. The summed E-state index contributed by atoms with van der Waals surface area (Å²) in [5.41, 5.74) is 1.19. The van der Waals surface area contributed by atoms with Crippen molar-refractivity contribution in [1.29, 1.82) is 0 Å². The minimum atomic E-state index is 0. The third kappa shape index (κ3) is 1.58. The molecular weight excluding hydrogens is 161 g/mol. The van der Waals surface area contributed by atoms with Gasteiger partial charge in [0.2, 0.25) is 0 Å². The van der Waals surface area contributed by atoms with Crippen molar-refractivity contribution in [2.45, 2.75) is 13.3 Å². The topological polar surface area (TPSA) is 0 Å². The maximum atomic E-state index is 3.73. The van der Waals surface area contributed by atoms with Crippen molar-refractivity contribution < 1.29 is 32.7 Å². The van der Waals surface area contributed by atoms with E-state index in [1.807, 2.05) is 0 Å². The zero-order chi connectivity index (χ0) is 4.57. The van der Waals surface area contributed by atoms with Crippen molar-refractivity contribution in [3.63, 3.8) is 0 Å². The Morgan fingerprint density at radius 2 is 2.29 bits per heavy atom. The Kier molecular flexibility index (Phi) is 3.18. The molecule has 1 heteroatoms. The summed E-state index contributed by atoms with van der Waals surface area (Å²) >= 11 is 0. The van der Waals surface area contributed by atoms with E-state index in [9.17, 15) is 0 Å². The molecule has 0 amide bonds. The molecule has 7 heavy (non-hydrogen) atoms. The Hall–Kier alpha value is 0.714. The van der Waals surface area contributed by atoms with Gasteiger partial charge in [-0.3, -0.25) is 0 Å². The van der Waals surface area contributed by atoms with Gasteiger partial charge in [-0.1, -0.05) is 6.92 Å². The molecule has 0 spiro atoms. The van der Waals surface area contributed by atoms with E-state index < -0.39 is 0 Å². The van der Waals surface area contributed by atoms with Gasteiger partial charge >= 0.3 is 0 Å². The standard InChI is InChI=1S/C6H8.Y/c1-5-3-4-6(5)2;/h6H,1,4H2,2H3;/q-2;. The van der Waals surface area contributed by atoms with Gasteiger partial charge in [-0.15, -0.1) is 5.92 Å². The van der Waals surface area contributed by atoms with Gasteiger partial charge in [0.1, 0.15) is 0 Å². The number of hydrogen-bond donors (Lipinski definition) is 0. The minimum Gasteiger partial charge on any atom is -0.528 e. The van der Waals surface area contributed by atoms with Crippen LogP contribution in [0.5, 0.6) is 0 Å². The second-order valence-electron chi connectivity index (χ2n) is 1.81. The van der Waals surface area contributed by atoms with E-state index in [-0.39, 0.29) is 32.7 Å². The van der Waals surface area contributed by atoms with Gasteiger partial charge in [-0.25, -0.2) is 0 Å². The average molecular weight is 169 g/mol. The van der Waals surface area contributed by atoms with E-state index in [2.05, 4.69) is 19.9 Å². The van der Waals surface area contributed by atoms with Gasteiger partial charge in [0, 0.05) is 32.7 Å². The predicted octanol–water partition coefficient (Wildman–Crippen LogP) is 1.59. The predicted molar refractivity (Wildman–Crippen MR) is 25.9 cm³/mol. The van der Waals surface area contributed by atoms with Gasteiger partial charge < -0.3 is 18.6 Å². The van der Waals surface area contributed by atoms with Gasteiger partial charge in [0.05, 0.1) is 0 Å². The van der Waals surface area contributed by atoms with Crippen molar-refractivity contribution in [2.24, 2.45) is 5.92 Å². The zero-order valence-electron chi connectivity index (χ0n) is 4.57. The minimum absolute atomic E-state index is 0. The average Bonchev–Trinajstić information content (AvgIpc) is 1.61. The Bertz CT molecular complexity index is 84.2. The fourth-order valence-corrected chi connectivity index (χ4v) is 0.451. The van der Waals surface area contributed by atoms with E-state index in [1.54, 1.807) is 0 Å². The van der Waals surface area contributed by atoms with Crippen LogP contribution in [0.1, 0.15) is 13.3 Å². The molecule has 1 radical (unpaired) electrons. The Labute approximate surface area is 70.3 Å². The van der Waals surface area contributed by atoms with Crippen LogP contribution >= 0.6 is 0 Å². The molecule has 37 valence electrons. The molecule has 0 aliphatic heterocycles. The molecule has 0 saturated heterocycles. The Balaban J connectivity index is 0.000000360. The van der Waals surface area contributed by atoms with Crippen molar-refractivity contribution in [3.05, 3.63) is 18.6 Å². The zero-order valence-corrected chi connectivity index (χ0v) is 7.41. The molecule has 0 N–H and O–H groups in total. The molecule has 0 aromatic heterocycles. The third-order valence-corrected chi connectivity index (χ3v) is 1.23. The van der Waals surface area contributed by atoms with Crippen molar-refractivity contribution in [2.75, 3.05) is 0 Å². The summed E-state index contributed by atoms with van der Waals surface area (Å²) in [6.07, 6.45) is 4.19. The van der Waals surface area contributed by atoms with Crippen LogP contribution in [0.15, 0.2) is 5.57 Å². The molecule has 0 saturated carbocycles. The van der Waals surface area contributed by atoms with E-state index in [0.717, 1.165) is 12.3 Å². The molecule has 1 unspecified atom stereocenters. The van der Waals surface area contributed by atoms with Gasteiger partial charge in [-0.2, -0.15) is 6.42 Å². The van der Waals surface area contributed by atoms with Crippen LogP contribution in [0.4, 0.5) is 0 Å². The molecular formula is C6H8Y-2. The summed E-state index contributed by atoms with van der Waals surface area (Å²) < 4.78 is 0. The summed E-state index contributed by atoms with van der Waals surface area (Å²) in [6.45, 7) is 5.90. The second kappa shape index (κ2) is 2.89. The van der Waals surface area contributed by atoms with E-state index in [4.69, 9.17) is 0 Å². The molecule has 0 aromatic carbocycles. The van der Waals surface area contributed by atoms with Gasteiger partial charge in [-0.05, 0) is 0 Å². The van der Waals surface area contributed by atoms with Crippen LogP contribution < -0.4 is 0 Å². The molecule has 1 atom stereocenters. The summed E-state index contributed by atoms with van der Waals surface area (Å²) in [6, 6.07) is 0. The second-order valence-corrected chi connectivity index (χ2v) is 1.81. The maximum Gasteiger partial charge on any atom is 0 e. The third-order valence-electron chi connectivity index (χ3n) is 1.23. The largest absolute Gasteiger partial charge is 0.528 e. The molecule has 0 aromatic rings. The molecule has 0 nitrogen and oxygen atoms in total. The summed E-state index contributed by atoms with van der Waals surface area (Å²) in [7, 11) is 0. The summed E-state index contributed by atoms with van der Waals surface area (Å²) in [5.74, 6) is 0.727. The Morgan fingerprint density at radius 1 is 1.86 bits per heavy atom. The van der Waals surface area contributed by atoms with E-state index in [0.29, 0.717) is 0 Å². The maximum absolute atomic E-state index is 3.73. The first kappa shape index (κ1) is 7.71. The van der Waals surface area contributed by atoms with Crippen LogP contribution in [0.3, 0.4) is 0 Å². The summed E-state index contributed by atoms with van der Waals surface area (Å²) in [5, 5.41) is 0.